The Morgan fingerprint density at radius 1 is 0.913 bits per heavy atom. The highest BCUT2D eigenvalue weighted by Gasteiger charge is 2.68. The fourth-order valence-electron chi connectivity index (χ4n) is 3.52. The van der Waals surface area contributed by atoms with Gasteiger partial charge in [0.15, 0.2) is 0 Å². The van der Waals surface area contributed by atoms with E-state index in [9.17, 15) is 9.59 Å². The Labute approximate surface area is 147 Å². The summed E-state index contributed by atoms with van der Waals surface area (Å²) in [5.74, 6) is 0.267. The van der Waals surface area contributed by atoms with Gasteiger partial charge < -0.3 is 9.80 Å². The lowest BCUT2D eigenvalue weighted by atomic mass is 10.1. The van der Waals surface area contributed by atoms with E-state index in [1.165, 1.54) is 6.42 Å². The average Bonchev–Trinajstić information content (AvgIpc) is 3.08. The number of likely N-dealkylation sites (tertiary alicyclic amines) is 1. The normalized spacial score (nSPS) is 31.1. The van der Waals surface area contributed by atoms with E-state index in [-0.39, 0.29) is 11.8 Å². The quantitative estimate of drug-likeness (QED) is 0.719. The maximum absolute atomic E-state index is 12.5. The monoisotopic (exact) mass is 361 g/mol. The summed E-state index contributed by atoms with van der Waals surface area (Å²) in [5.41, 5.74) is -0.637. The third kappa shape index (κ3) is 3.47. The third-order valence-corrected chi connectivity index (χ3v) is 6.56. The number of carbonyl (C=O) groups excluding carboxylic acids is 2. The summed E-state index contributed by atoms with van der Waals surface area (Å²) in [7, 11) is 0. The van der Waals surface area contributed by atoms with Crippen LogP contribution in [0.3, 0.4) is 0 Å². The maximum Gasteiger partial charge on any atom is 0.236 e. The molecule has 0 N–H and O–H groups in total. The summed E-state index contributed by atoms with van der Waals surface area (Å²) in [6.07, 6.45) is 3.98. The summed E-state index contributed by atoms with van der Waals surface area (Å²) >= 11 is 12.2. The van der Waals surface area contributed by atoms with Gasteiger partial charge in [-0.3, -0.25) is 14.5 Å². The fourth-order valence-corrected chi connectivity index (χ4v) is 4.22. The van der Waals surface area contributed by atoms with Crippen molar-refractivity contribution in [3.05, 3.63) is 0 Å². The van der Waals surface area contributed by atoms with Gasteiger partial charge in [-0.1, -0.05) is 0 Å². The molecule has 7 heteroatoms. The standard InChI is InChI=1S/C16H25Cl2N3O2/c1-15(12-16(15,17)18)14(23)21-9-7-19(8-10-21)11-13(22)20-5-3-2-4-6-20/h2-12H2,1H3. The van der Waals surface area contributed by atoms with Crippen LogP contribution < -0.4 is 0 Å². The van der Waals surface area contributed by atoms with Crippen LogP contribution in [0.25, 0.3) is 0 Å². The van der Waals surface area contributed by atoms with Crippen LogP contribution in [-0.2, 0) is 9.59 Å². The van der Waals surface area contributed by atoms with Crippen molar-refractivity contribution in [2.45, 2.75) is 36.9 Å². The van der Waals surface area contributed by atoms with Crippen LogP contribution >= 0.6 is 23.2 Å². The molecule has 3 aliphatic rings. The first-order valence-corrected chi connectivity index (χ1v) is 9.26. The minimum absolute atomic E-state index is 0.0458. The molecule has 2 amide bonds. The molecule has 1 saturated carbocycles. The molecule has 2 heterocycles. The molecular formula is C16H25Cl2N3O2. The molecule has 0 radical (unpaired) electrons. The molecule has 1 unspecified atom stereocenters. The molecule has 23 heavy (non-hydrogen) atoms. The van der Waals surface area contributed by atoms with Crippen molar-refractivity contribution in [1.82, 2.24) is 14.7 Å². The summed E-state index contributed by atoms with van der Waals surface area (Å²) in [6.45, 7) is 6.84. The Bertz CT molecular complexity index is 486. The van der Waals surface area contributed by atoms with Crippen LogP contribution in [0.5, 0.6) is 0 Å². The van der Waals surface area contributed by atoms with Gasteiger partial charge in [-0.2, -0.15) is 0 Å². The molecule has 1 aliphatic carbocycles. The molecule has 0 aromatic carbocycles. The summed E-state index contributed by atoms with van der Waals surface area (Å²) in [6, 6.07) is 0. The lowest BCUT2D eigenvalue weighted by molar-refractivity contribution is -0.139. The van der Waals surface area contributed by atoms with E-state index in [0.29, 0.717) is 26.1 Å². The van der Waals surface area contributed by atoms with Crippen LogP contribution in [0.4, 0.5) is 0 Å². The van der Waals surface area contributed by atoms with Crippen molar-refractivity contribution in [2.75, 3.05) is 45.8 Å². The van der Waals surface area contributed by atoms with Crippen LogP contribution in [0.15, 0.2) is 0 Å². The highest BCUT2D eigenvalue weighted by atomic mass is 35.5. The van der Waals surface area contributed by atoms with Gasteiger partial charge in [-0.05, 0) is 32.6 Å². The molecule has 2 aliphatic heterocycles. The molecule has 0 aromatic rings. The van der Waals surface area contributed by atoms with Gasteiger partial charge in [-0.15, -0.1) is 23.2 Å². The lowest BCUT2D eigenvalue weighted by Crippen LogP contribution is -2.53. The molecule has 3 fully saturated rings. The first kappa shape index (κ1) is 17.3. The highest BCUT2D eigenvalue weighted by Crippen LogP contribution is 2.64. The number of piperidine rings is 1. The summed E-state index contributed by atoms with van der Waals surface area (Å²) < 4.78 is -0.911. The number of carbonyl (C=O) groups is 2. The molecule has 3 rings (SSSR count). The Kier molecular flexibility index (Phi) is 4.83. The molecule has 0 spiro atoms. The van der Waals surface area contributed by atoms with Gasteiger partial charge in [0, 0.05) is 39.3 Å². The smallest absolute Gasteiger partial charge is 0.236 e. The summed E-state index contributed by atoms with van der Waals surface area (Å²) in [4.78, 5) is 30.8. The van der Waals surface area contributed by atoms with Crippen LogP contribution in [0, 0.1) is 5.41 Å². The van der Waals surface area contributed by atoms with E-state index in [0.717, 1.165) is 39.0 Å². The van der Waals surface area contributed by atoms with E-state index in [2.05, 4.69) is 4.90 Å². The van der Waals surface area contributed by atoms with Crippen molar-refractivity contribution in [1.29, 1.82) is 0 Å². The largest absolute Gasteiger partial charge is 0.342 e. The van der Waals surface area contributed by atoms with Crippen molar-refractivity contribution < 1.29 is 9.59 Å². The zero-order chi connectivity index (χ0) is 16.7. The molecule has 2 saturated heterocycles. The van der Waals surface area contributed by atoms with E-state index >= 15 is 0 Å². The van der Waals surface area contributed by atoms with Gasteiger partial charge in [0.25, 0.3) is 0 Å². The van der Waals surface area contributed by atoms with Crippen LogP contribution in [0.1, 0.15) is 32.6 Å². The van der Waals surface area contributed by atoms with E-state index in [1.54, 1.807) is 0 Å². The minimum atomic E-state index is -0.911. The number of alkyl halides is 2. The Hall–Kier alpha value is -0.520. The van der Waals surface area contributed by atoms with Crippen molar-refractivity contribution in [3.8, 4) is 0 Å². The second-order valence-electron chi connectivity index (χ2n) is 7.22. The average molecular weight is 362 g/mol. The number of hydrogen-bond donors (Lipinski definition) is 0. The number of rotatable bonds is 3. The number of amides is 2. The molecule has 0 bridgehead atoms. The summed E-state index contributed by atoms with van der Waals surface area (Å²) in [5, 5.41) is 0. The molecule has 130 valence electrons. The SMILES string of the molecule is CC1(C(=O)N2CCN(CC(=O)N3CCCCC3)CC2)CC1(Cl)Cl. The topological polar surface area (TPSA) is 43.9 Å². The number of hydrogen-bond acceptors (Lipinski definition) is 3. The van der Waals surface area contributed by atoms with E-state index in [4.69, 9.17) is 23.2 Å². The van der Waals surface area contributed by atoms with Gasteiger partial charge >= 0.3 is 0 Å². The highest BCUT2D eigenvalue weighted by molar-refractivity contribution is 6.53. The molecule has 5 nitrogen and oxygen atoms in total. The zero-order valence-corrected chi connectivity index (χ0v) is 15.2. The van der Waals surface area contributed by atoms with Gasteiger partial charge in [0.05, 0.1) is 12.0 Å². The van der Waals surface area contributed by atoms with Crippen molar-refractivity contribution in [3.63, 3.8) is 0 Å². The Morgan fingerprint density at radius 3 is 2.00 bits per heavy atom. The lowest BCUT2D eigenvalue weighted by Gasteiger charge is -2.37. The fraction of sp³-hybridized carbons (Fsp3) is 0.875. The first-order valence-electron chi connectivity index (χ1n) is 8.51. The molecule has 0 aromatic heterocycles. The number of nitrogens with zero attached hydrogens (tertiary/aromatic N) is 3. The molecular weight excluding hydrogens is 337 g/mol. The predicted molar refractivity (Wildman–Crippen MR) is 90.6 cm³/mol. The van der Waals surface area contributed by atoms with Gasteiger partial charge in [0.2, 0.25) is 11.8 Å². The Morgan fingerprint density at radius 2 is 1.48 bits per heavy atom. The minimum Gasteiger partial charge on any atom is -0.342 e. The molecule has 1 atom stereocenters. The van der Waals surface area contributed by atoms with Crippen LogP contribution in [-0.4, -0.2) is 76.7 Å². The van der Waals surface area contributed by atoms with Gasteiger partial charge in [0.1, 0.15) is 4.33 Å². The second kappa shape index (κ2) is 6.41. The van der Waals surface area contributed by atoms with Gasteiger partial charge in [-0.25, -0.2) is 0 Å². The van der Waals surface area contributed by atoms with Crippen molar-refractivity contribution in [2.24, 2.45) is 5.41 Å². The van der Waals surface area contributed by atoms with Crippen molar-refractivity contribution >= 4 is 35.0 Å². The number of halogens is 2. The number of piperazine rings is 1. The van der Waals surface area contributed by atoms with Crippen LogP contribution in [0.2, 0.25) is 0 Å². The van der Waals surface area contributed by atoms with E-state index in [1.807, 2.05) is 16.7 Å². The van der Waals surface area contributed by atoms with E-state index < -0.39 is 9.75 Å². The third-order valence-electron chi connectivity index (χ3n) is 5.46. The first-order chi connectivity index (χ1) is 10.8. The zero-order valence-electron chi connectivity index (χ0n) is 13.7. The second-order valence-corrected chi connectivity index (χ2v) is 8.71. The Balaban J connectivity index is 1.45. The maximum atomic E-state index is 12.5. The predicted octanol–water partition coefficient (Wildman–Crippen LogP) is 1.73.